The van der Waals surface area contributed by atoms with Gasteiger partial charge in [-0.1, -0.05) is 20.3 Å². The first-order valence-electron chi connectivity index (χ1n) is 6.50. The Balaban J connectivity index is 1.94. The smallest absolute Gasteiger partial charge is 0.161 e. The average molecular weight is 226 g/mol. The molecule has 1 aliphatic carbocycles. The molecule has 3 nitrogen and oxygen atoms in total. The van der Waals surface area contributed by atoms with Gasteiger partial charge in [-0.3, -0.25) is 4.79 Å². The van der Waals surface area contributed by atoms with E-state index in [-0.39, 0.29) is 12.2 Å². The van der Waals surface area contributed by atoms with Gasteiger partial charge in [0.25, 0.3) is 0 Å². The van der Waals surface area contributed by atoms with Gasteiger partial charge in [-0.2, -0.15) is 0 Å². The van der Waals surface area contributed by atoms with Crippen molar-refractivity contribution >= 4 is 5.78 Å². The monoisotopic (exact) mass is 226 g/mol. The number of hydrogen-bond donors (Lipinski definition) is 0. The number of hydrogen-bond acceptors (Lipinski definition) is 3. The predicted molar refractivity (Wildman–Crippen MR) is 61.0 cm³/mol. The molecule has 0 amide bonds. The third-order valence-corrected chi connectivity index (χ3v) is 3.96. The van der Waals surface area contributed by atoms with Gasteiger partial charge >= 0.3 is 0 Å². The fourth-order valence-electron chi connectivity index (χ4n) is 2.91. The fraction of sp³-hybridized carbons (Fsp3) is 0.923. The Morgan fingerprint density at radius 2 is 2.31 bits per heavy atom. The molecule has 0 aromatic rings. The average Bonchev–Trinajstić information content (AvgIpc) is 2.56. The molecule has 16 heavy (non-hydrogen) atoms. The number of unbranched alkanes of at least 4 members (excludes halogenated alkanes) is 1. The molecular formula is C13H22O3. The third kappa shape index (κ3) is 2.30. The Morgan fingerprint density at radius 1 is 1.50 bits per heavy atom. The molecule has 4 atom stereocenters. The molecule has 2 rings (SSSR count). The van der Waals surface area contributed by atoms with Crippen LogP contribution in [-0.2, 0) is 14.3 Å². The standard InChI is InChI=1S/C13H22O3/c1-3-4-6-15-13-12-9(2)11(14)8-10(12)5-7-16-13/h9-10,12-13H,3-8H2,1-2H3/t9-,10+,12-,13-/m1/s1. The highest BCUT2D eigenvalue weighted by atomic mass is 16.7. The van der Waals surface area contributed by atoms with Crippen molar-refractivity contribution in [1.82, 2.24) is 0 Å². The molecule has 2 fully saturated rings. The number of rotatable bonds is 4. The van der Waals surface area contributed by atoms with Crippen LogP contribution in [0.2, 0.25) is 0 Å². The molecule has 0 radical (unpaired) electrons. The molecule has 1 heterocycles. The zero-order chi connectivity index (χ0) is 11.5. The summed E-state index contributed by atoms with van der Waals surface area (Å²) in [4.78, 5) is 11.7. The number of carbonyl (C=O) groups excluding carboxylic acids is 1. The minimum Gasteiger partial charge on any atom is -0.352 e. The van der Waals surface area contributed by atoms with Crippen molar-refractivity contribution < 1.29 is 14.3 Å². The molecule has 1 saturated heterocycles. The van der Waals surface area contributed by atoms with Crippen molar-refractivity contribution in [3.8, 4) is 0 Å². The zero-order valence-corrected chi connectivity index (χ0v) is 10.3. The lowest BCUT2D eigenvalue weighted by molar-refractivity contribution is -0.209. The zero-order valence-electron chi connectivity index (χ0n) is 10.3. The summed E-state index contributed by atoms with van der Waals surface area (Å²) in [6.45, 7) is 5.68. The van der Waals surface area contributed by atoms with Gasteiger partial charge in [-0.25, -0.2) is 0 Å². The first-order chi connectivity index (χ1) is 7.74. The molecule has 0 bridgehead atoms. The molecule has 1 saturated carbocycles. The molecule has 0 N–H and O–H groups in total. The van der Waals surface area contributed by atoms with E-state index in [1.807, 2.05) is 6.92 Å². The third-order valence-electron chi connectivity index (χ3n) is 3.96. The van der Waals surface area contributed by atoms with E-state index in [9.17, 15) is 4.79 Å². The second-order valence-electron chi connectivity index (χ2n) is 5.05. The van der Waals surface area contributed by atoms with E-state index >= 15 is 0 Å². The van der Waals surface area contributed by atoms with Crippen LogP contribution in [0.4, 0.5) is 0 Å². The molecule has 0 aromatic heterocycles. The second kappa shape index (κ2) is 5.28. The molecule has 0 aromatic carbocycles. The number of ether oxygens (including phenoxy) is 2. The van der Waals surface area contributed by atoms with E-state index in [1.54, 1.807) is 0 Å². The van der Waals surface area contributed by atoms with Crippen LogP contribution in [0.15, 0.2) is 0 Å². The van der Waals surface area contributed by atoms with Crippen molar-refractivity contribution in [2.24, 2.45) is 17.8 Å². The summed E-state index contributed by atoms with van der Waals surface area (Å²) in [5, 5.41) is 0. The molecule has 92 valence electrons. The van der Waals surface area contributed by atoms with Gasteiger partial charge in [-0.05, 0) is 18.8 Å². The minimum atomic E-state index is -0.133. The number of fused-ring (bicyclic) bond motifs is 1. The highest BCUT2D eigenvalue weighted by Gasteiger charge is 2.46. The van der Waals surface area contributed by atoms with Crippen LogP contribution >= 0.6 is 0 Å². The lowest BCUT2D eigenvalue weighted by Gasteiger charge is -2.35. The highest BCUT2D eigenvalue weighted by molar-refractivity contribution is 5.83. The van der Waals surface area contributed by atoms with E-state index in [0.29, 0.717) is 17.6 Å². The van der Waals surface area contributed by atoms with Crippen LogP contribution in [0.25, 0.3) is 0 Å². The van der Waals surface area contributed by atoms with Crippen LogP contribution < -0.4 is 0 Å². The van der Waals surface area contributed by atoms with E-state index in [1.165, 1.54) is 0 Å². The maximum atomic E-state index is 11.7. The largest absolute Gasteiger partial charge is 0.352 e. The molecular weight excluding hydrogens is 204 g/mol. The van der Waals surface area contributed by atoms with Crippen LogP contribution in [0.3, 0.4) is 0 Å². The Labute approximate surface area is 97.5 Å². The Hall–Kier alpha value is -0.410. The van der Waals surface area contributed by atoms with E-state index in [2.05, 4.69) is 6.92 Å². The number of Topliss-reactive ketones (excluding diaryl/α,β-unsaturated/α-hetero) is 1. The highest BCUT2D eigenvalue weighted by Crippen LogP contribution is 2.42. The Bertz CT molecular complexity index is 252. The topological polar surface area (TPSA) is 35.5 Å². The lowest BCUT2D eigenvalue weighted by Crippen LogP contribution is -2.38. The maximum Gasteiger partial charge on any atom is 0.161 e. The van der Waals surface area contributed by atoms with Crippen LogP contribution in [0.1, 0.15) is 39.5 Å². The van der Waals surface area contributed by atoms with Crippen LogP contribution in [-0.4, -0.2) is 25.3 Å². The van der Waals surface area contributed by atoms with E-state index < -0.39 is 0 Å². The SMILES string of the molecule is CCCCO[C@@H]1OCC[C@H]2CC(=O)[C@@H](C)[C@H]21. The number of carbonyl (C=O) groups is 1. The lowest BCUT2D eigenvalue weighted by atomic mass is 9.86. The van der Waals surface area contributed by atoms with Crippen molar-refractivity contribution in [2.75, 3.05) is 13.2 Å². The van der Waals surface area contributed by atoms with Gasteiger partial charge in [0.2, 0.25) is 0 Å². The van der Waals surface area contributed by atoms with E-state index in [0.717, 1.165) is 38.9 Å². The summed E-state index contributed by atoms with van der Waals surface area (Å²) in [5.74, 6) is 1.32. The van der Waals surface area contributed by atoms with Gasteiger partial charge in [0, 0.05) is 24.9 Å². The summed E-state index contributed by atoms with van der Waals surface area (Å²) < 4.78 is 11.5. The summed E-state index contributed by atoms with van der Waals surface area (Å²) in [5.41, 5.74) is 0. The van der Waals surface area contributed by atoms with Crippen LogP contribution in [0, 0.1) is 17.8 Å². The van der Waals surface area contributed by atoms with Crippen molar-refractivity contribution in [1.29, 1.82) is 0 Å². The van der Waals surface area contributed by atoms with Gasteiger partial charge in [0.15, 0.2) is 6.29 Å². The van der Waals surface area contributed by atoms with Gasteiger partial charge in [-0.15, -0.1) is 0 Å². The molecule has 3 heteroatoms. The maximum absolute atomic E-state index is 11.7. The number of ketones is 1. The first kappa shape index (κ1) is 12.1. The summed E-state index contributed by atoms with van der Waals surface area (Å²) in [6, 6.07) is 0. The van der Waals surface area contributed by atoms with Gasteiger partial charge in [0.05, 0.1) is 6.61 Å². The minimum absolute atomic E-state index is 0.122. The van der Waals surface area contributed by atoms with Gasteiger partial charge in [0.1, 0.15) is 5.78 Å². The Kier molecular flexibility index (Phi) is 3.98. The van der Waals surface area contributed by atoms with Crippen molar-refractivity contribution in [3.05, 3.63) is 0 Å². The van der Waals surface area contributed by atoms with Gasteiger partial charge < -0.3 is 9.47 Å². The fourth-order valence-corrected chi connectivity index (χ4v) is 2.91. The summed E-state index contributed by atoms with van der Waals surface area (Å²) in [6.07, 6.45) is 3.83. The molecule has 1 aliphatic heterocycles. The first-order valence-corrected chi connectivity index (χ1v) is 6.50. The Morgan fingerprint density at radius 3 is 3.06 bits per heavy atom. The van der Waals surface area contributed by atoms with Crippen LogP contribution in [0.5, 0.6) is 0 Å². The molecule has 0 unspecified atom stereocenters. The molecule has 0 spiro atoms. The molecule has 2 aliphatic rings. The normalized spacial score (nSPS) is 38.8. The van der Waals surface area contributed by atoms with E-state index in [4.69, 9.17) is 9.47 Å². The summed E-state index contributed by atoms with van der Waals surface area (Å²) in [7, 11) is 0. The van der Waals surface area contributed by atoms with Crippen molar-refractivity contribution in [3.63, 3.8) is 0 Å². The second-order valence-corrected chi connectivity index (χ2v) is 5.05. The predicted octanol–water partition coefficient (Wildman–Crippen LogP) is 2.39. The van der Waals surface area contributed by atoms with Crippen molar-refractivity contribution in [2.45, 2.75) is 45.8 Å². The quantitative estimate of drug-likeness (QED) is 0.690. The summed E-state index contributed by atoms with van der Waals surface area (Å²) >= 11 is 0.